The van der Waals surface area contributed by atoms with E-state index in [1.165, 1.54) is 36.8 Å². The minimum absolute atomic E-state index is 0.218. The summed E-state index contributed by atoms with van der Waals surface area (Å²) >= 11 is 0. The second kappa shape index (κ2) is 6.04. The number of hydrazine groups is 1. The van der Waals surface area contributed by atoms with Crippen LogP contribution in [0.2, 0.25) is 0 Å². The molecule has 0 aromatic heterocycles. The zero-order valence-electron chi connectivity index (χ0n) is 11.5. The molecular formula is C16H24N2O. The number of nitrogens with two attached hydrogens (primary N) is 1. The third-order valence-electron chi connectivity index (χ3n) is 4.72. The lowest BCUT2D eigenvalue weighted by molar-refractivity contribution is 0.0390. The van der Waals surface area contributed by atoms with Crippen LogP contribution in [0.1, 0.15) is 55.2 Å². The second-order valence-corrected chi connectivity index (χ2v) is 5.92. The Hall–Kier alpha value is -0.900. The molecule has 0 radical (unpaired) electrons. The Labute approximate surface area is 115 Å². The molecule has 19 heavy (non-hydrogen) atoms. The maximum atomic E-state index is 5.77. The Bertz CT molecular complexity index is 394. The van der Waals surface area contributed by atoms with Crippen molar-refractivity contribution in [1.82, 2.24) is 5.43 Å². The van der Waals surface area contributed by atoms with Crippen LogP contribution >= 0.6 is 0 Å². The topological polar surface area (TPSA) is 47.3 Å². The molecule has 1 aromatic carbocycles. The fourth-order valence-corrected chi connectivity index (χ4v) is 3.25. The van der Waals surface area contributed by atoms with Gasteiger partial charge in [0.15, 0.2) is 0 Å². The van der Waals surface area contributed by atoms with Crippen LogP contribution in [0.5, 0.6) is 0 Å². The fraction of sp³-hybridized carbons (Fsp3) is 0.625. The van der Waals surface area contributed by atoms with Crippen molar-refractivity contribution in [2.45, 2.75) is 44.1 Å². The lowest BCUT2D eigenvalue weighted by Gasteiger charge is -2.31. The van der Waals surface area contributed by atoms with Crippen LogP contribution in [-0.4, -0.2) is 13.2 Å². The quantitative estimate of drug-likeness (QED) is 0.646. The van der Waals surface area contributed by atoms with E-state index in [0.717, 1.165) is 25.6 Å². The van der Waals surface area contributed by atoms with Crippen molar-refractivity contribution < 1.29 is 4.74 Å². The zero-order chi connectivity index (χ0) is 13.1. The molecule has 104 valence electrons. The van der Waals surface area contributed by atoms with Gasteiger partial charge in [0.1, 0.15) is 0 Å². The van der Waals surface area contributed by atoms with Gasteiger partial charge in [0.2, 0.25) is 0 Å². The second-order valence-electron chi connectivity index (χ2n) is 5.92. The summed E-state index contributed by atoms with van der Waals surface area (Å²) in [7, 11) is 0. The monoisotopic (exact) mass is 260 g/mol. The van der Waals surface area contributed by atoms with Crippen LogP contribution in [0.15, 0.2) is 24.3 Å². The smallest absolute Gasteiger partial charge is 0.0513 e. The lowest BCUT2D eigenvalue weighted by Crippen LogP contribution is -2.37. The Kier molecular flexibility index (Phi) is 4.16. The van der Waals surface area contributed by atoms with Gasteiger partial charge in [0.05, 0.1) is 12.6 Å². The maximum absolute atomic E-state index is 5.77. The summed E-state index contributed by atoms with van der Waals surface area (Å²) < 4.78 is 5.58. The molecule has 0 amide bonds. The van der Waals surface area contributed by atoms with Crippen LogP contribution in [-0.2, 0) is 4.74 Å². The molecule has 3 N–H and O–H groups in total. The van der Waals surface area contributed by atoms with E-state index in [2.05, 4.69) is 29.7 Å². The molecule has 1 saturated carbocycles. The molecular weight excluding hydrogens is 236 g/mol. The summed E-state index contributed by atoms with van der Waals surface area (Å²) in [6.45, 7) is 1.72. The van der Waals surface area contributed by atoms with E-state index in [1.807, 2.05) is 0 Å². The normalized spacial score (nSPS) is 25.8. The molecule has 2 fully saturated rings. The van der Waals surface area contributed by atoms with E-state index in [9.17, 15) is 0 Å². The first kappa shape index (κ1) is 13.1. The van der Waals surface area contributed by atoms with Crippen molar-refractivity contribution in [2.75, 3.05) is 13.2 Å². The summed E-state index contributed by atoms with van der Waals surface area (Å²) in [6.07, 6.45) is 6.43. The highest BCUT2D eigenvalue weighted by Crippen LogP contribution is 2.37. The van der Waals surface area contributed by atoms with E-state index in [-0.39, 0.29) is 6.04 Å². The first-order valence-electron chi connectivity index (χ1n) is 7.52. The molecule has 3 nitrogen and oxygen atoms in total. The van der Waals surface area contributed by atoms with Crippen LogP contribution in [0, 0.1) is 5.92 Å². The van der Waals surface area contributed by atoms with Gasteiger partial charge in [-0.1, -0.05) is 30.7 Å². The zero-order valence-corrected chi connectivity index (χ0v) is 11.5. The van der Waals surface area contributed by atoms with Gasteiger partial charge in [-0.3, -0.25) is 11.3 Å². The van der Waals surface area contributed by atoms with Gasteiger partial charge in [-0.2, -0.15) is 0 Å². The van der Waals surface area contributed by atoms with Crippen LogP contribution in [0.4, 0.5) is 0 Å². The SMILES string of the molecule is NNC(c1ccc(C2CCC2)cc1)C1CCCOC1. The van der Waals surface area contributed by atoms with Crippen molar-refractivity contribution in [2.24, 2.45) is 11.8 Å². The largest absolute Gasteiger partial charge is 0.381 e. The number of hydrogen-bond donors (Lipinski definition) is 2. The van der Waals surface area contributed by atoms with E-state index in [0.29, 0.717) is 5.92 Å². The Morgan fingerprint density at radius 3 is 2.42 bits per heavy atom. The minimum Gasteiger partial charge on any atom is -0.381 e. The molecule has 1 aliphatic carbocycles. The average Bonchev–Trinajstić information content (AvgIpc) is 2.41. The van der Waals surface area contributed by atoms with Crippen molar-refractivity contribution in [3.63, 3.8) is 0 Å². The third-order valence-corrected chi connectivity index (χ3v) is 4.72. The summed E-state index contributed by atoms with van der Waals surface area (Å²) in [4.78, 5) is 0. The molecule has 0 bridgehead atoms. The van der Waals surface area contributed by atoms with Gasteiger partial charge < -0.3 is 4.74 Å². The first-order chi connectivity index (χ1) is 9.38. The molecule has 3 heteroatoms. The lowest BCUT2D eigenvalue weighted by atomic mass is 9.79. The van der Waals surface area contributed by atoms with Gasteiger partial charge in [0, 0.05) is 12.5 Å². The molecule has 2 aliphatic rings. The number of ether oxygens (including phenoxy) is 1. The number of hydrogen-bond acceptors (Lipinski definition) is 3. The first-order valence-corrected chi connectivity index (χ1v) is 7.52. The van der Waals surface area contributed by atoms with Crippen LogP contribution in [0.3, 0.4) is 0 Å². The molecule has 0 spiro atoms. The molecule has 2 atom stereocenters. The van der Waals surface area contributed by atoms with Crippen molar-refractivity contribution in [3.8, 4) is 0 Å². The fourth-order valence-electron chi connectivity index (χ4n) is 3.25. The minimum atomic E-state index is 0.218. The summed E-state index contributed by atoms with van der Waals surface area (Å²) in [5.74, 6) is 7.06. The summed E-state index contributed by atoms with van der Waals surface area (Å²) in [5, 5.41) is 0. The average molecular weight is 260 g/mol. The summed E-state index contributed by atoms with van der Waals surface area (Å²) in [6, 6.07) is 9.27. The van der Waals surface area contributed by atoms with Gasteiger partial charge in [-0.15, -0.1) is 0 Å². The molecule has 2 unspecified atom stereocenters. The van der Waals surface area contributed by atoms with E-state index >= 15 is 0 Å². The maximum Gasteiger partial charge on any atom is 0.0513 e. The molecule has 3 rings (SSSR count). The Morgan fingerprint density at radius 2 is 1.89 bits per heavy atom. The molecule has 1 saturated heterocycles. The number of nitrogens with one attached hydrogen (secondary N) is 1. The highest BCUT2D eigenvalue weighted by molar-refractivity contribution is 5.28. The molecule has 1 heterocycles. The third kappa shape index (κ3) is 2.83. The van der Waals surface area contributed by atoms with E-state index in [1.54, 1.807) is 0 Å². The highest BCUT2D eigenvalue weighted by atomic mass is 16.5. The highest BCUT2D eigenvalue weighted by Gasteiger charge is 2.25. The van der Waals surface area contributed by atoms with Crippen molar-refractivity contribution in [3.05, 3.63) is 35.4 Å². The van der Waals surface area contributed by atoms with Crippen LogP contribution in [0.25, 0.3) is 0 Å². The van der Waals surface area contributed by atoms with Gasteiger partial charge in [0.25, 0.3) is 0 Å². The van der Waals surface area contributed by atoms with Gasteiger partial charge in [-0.05, 0) is 42.7 Å². The molecule has 1 aromatic rings. The van der Waals surface area contributed by atoms with Crippen LogP contribution < -0.4 is 11.3 Å². The van der Waals surface area contributed by atoms with E-state index in [4.69, 9.17) is 10.6 Å². The predicted octanol–water partition coefficient (Wildman–Crippen LogP) is 2.89. The van der Waals surface area contributed by atoms with Gasteiger partial charge >= 0.3 is 0 Å². The van der Waals surface area contributed by atoms with Gasteiger partial charge in [-0.25, -0.2) is 0 Å². The standard InChI is InChI=1S/C16H24N2O/c17-18-16(15-5-2-10-19-11-15)14-8-6-13(7-9-14)12-3-1-4-12/h6-9,12,15-16,18H,1-5,10-11,17H2. The summed E-state index contributed by atoms with van der Waals surface area (Å²) in [5.41, 5.74) is 5.77. The number of rotatable bonds is 4. The predicted molar refractivity (Wildman–Crippen MR) is 76.6 cm³/mol. The van der Waals surface area contributed by atoms with Crippen molar-refractivity contribution in [1.29, 1.82) is 0 Å². The van der Waals surface area contributed by atoms with E-state index < -0.39 is 0 Å². The van der Waals surface area contributed by atoms with Crippen molar-refractivity contribution >= 4 is 0 Å². The Balaban J connectivity index is 1.71. The Morgan fingerprint density at radius 1 is 1.11 bits per heavy atom. The number of benzene rings is 1. The molecule has 1 aliphatic heterocycles.